The number of anilines is 1. The first kappa shape index (κ1) is 60.4. The number of aromatic amines is 1. The summed E-state index contributed by atoms with van der Waals surface area (Å²) in [5, 5.41) is 15.4. The standard InChI is InChI=1S/C17H21F3N4O2.C14H16ClN3O2.C8H14O3.C6H4ClN3.C3H6F3N.BHNS/c18-17(19,20)6-7-21-15-22-11-12-3-8-24(14(12)23-15)13-1-4-16(5-2-13)25-9-10-26-16;15-13-16-9-10-3-6-18(12(10)17-13)11-1-4-14(5-2-11)19-7-8-20-14;9-7-1-3-8(4-2-7)10-5-6-11-8;7-6-9-3-4-1-2-8-5(4)10-6;4-3(5,6)1-2-7;1-2-3/h3,8,11,13H,1-2,4-7,9-10H2,(H,21,22,23);3,6,9,11H,1-2,4-5,7-8H2;7,9H,1-6H2;1-3H,(H,8,9,10);1-2,7H2;3H. The first-order valence-corrected chi connectivity index (χ1v) is 26.4. The van der Waals surface area contributed by atoms with Crippen LogP contribution in [0.15, 0.2) is 59.7 Å². The van der Waals surface area contributed by atoms with Crippen LogP contribution in [-0.4, -0.2) is 145 Å². The summed E-state index contributed by atoms with van der Waals surface area (Å²) >= 11 is 14.6. The molecule has 9 heterocycles. The van der Waals surface area contributed by atoms with Crippen LogP contribution in [0.1, 0.15) is 102 Å². The fourth-order valence-corrected chi connectivity index (χ4v) is 10.1. The minimum atomic E-state index is -4.19. The van der Waals surface area contributed by atoms with Crippen LogP contribution in [0.25, 0.3) is 33.1 Å². The molecule has 3 saturated carbocycles. The molecule has 0 aromatic carbocycles. The zero-order valence-electron chi connectivity index (χ0n) is 42.0. The summed E-state index contributed by atoms with van der Waals surface area (Å²) in [6, 6.07) is 6.56. The van der Waals surface area contributed by atoms with Crippen molar-refractivity contribution < 1.29 is 59.9 Å². The van der Waals surface area contributed by atoms with Gasteiger partial charge in [0.15, 0.2) is 17.4 Å². The molecule has 421 valence electrons. The van der Waals surface area contributed by atoms with Crippen LogP contribution in [0.5, 0.6) is 0 Å². The summed E-state index contributed by atoms with van der Waals surface area (Å²) in [6.07, 6.45) is 11.5. The third-order valence-electron chi connectivity index (χ3n) is 13.6. The van der Waals surface area contributed by atoms with Crippen LogP contribution in [0, 0.1) is 0 Å². The van der Waals surface area contributed by atoms with Crippen molar-refractivity contribution in [2.24, 2.45) is 10.0 Å². The van der Waals surface area contributed by atoms with Gasteiger partial charge < -0.3 is 58.7 Å². The summed E-state index contributed by atoms with van der Waals surface area (Å²) in [7, 11) is 4.34. The molecule has 3 aliphatic carbocycles. The molecule has 1 radical (unpaired) electrons. The van der Waals surface area contributed by atoms with Crippen molar-refractivity contribution in [2.45, 2.75) is 138 Å². The van der Waals surface area contributed by atoms with Gasteiger partial charge in [-0.25, -0.2) is 15.0 Å². The second-order valence-corrected chi connectivity index (χ2v) is 19.7. The van der Waals surface area contributed by atoms with E-state index in [-0.39, 0.29) is 48.0 Å². The number of nitrogens with one attached hydrogen (secondary N) is 2. The van der Waals surface area contributed by atoms with Crippen molar-refractivity contribution in [3.8, 4) is 0 Å². The van der Waals surface area contributed by atoms with Gasteiger partial charge in [-0.05, 0) is 79.9 Å². The topological polar surface area (TPSA) is 229 Å². The Balaban J connectivity index is 0.000000148. The number of alkyl halides is 6. The average molecular weight is 1150 g/mol. The predicted octanol–water partition coefficient (Wildman–Crippen LogP) is 9.95. The second kappa shape index (κ2) is 27.7. The monoisotopic (exact) mass is 1150 g/mol. The first-order valence-electron chi connectivity index (χ1n) is 25.3. The van der Waals surface area contributed by atoms with Gasteiger partial charge in [-0.2, -0.15) is 41.3 Å². The zero-order valence-corrected chi connectivity index (χ0v) is 44.4. The van der Waals surface area contributed by atoms with Crippen LogP contribution < -0.4 is 11.1 Å². The maximum absolute atomic E-state index is 12.3. The number of aliphatic hydroxyl groups excluding tert-OH is 1. The van der Waals surface area contributed by atoms with E-state index in [4.69, 9.17) is 51.6 Å². The van der Waals surface area contributed by atoms with E-state index in [1.54, 1.807) is 24.8 Å². The molecule has 3 saturated heterocycles. The molecule has 0 unspecified atom stereocenters. The van der Waals surface area contributed by atoms with E-state index < -0.39 is 31.0 Å². The number of hydrogen-bond acceptors (Lipinski definition) is 17. The van der Waals surface area contributed by atoms with Crippen LogP contribution in [-0.2, 0) is 28.4 Å². The molecule has 6 aromatic heterocycles. The molecule has 0 bridgehead atoms. The quantitative estimate of drug-likeness (QED) is 0.0452. The fraction of sp³-hybridized carbons (Fsp3) is 0.625. The van der Waals surface area contributed by atoms with Gasteiger partial charge in [-0.15, -0.1) is 0 Å². The third-order valence-corrected chi connectivity index (χ3v) is 14.0. The van der Waals surface area contributed by atoms with E-state index in [2.05, 4.69) is 86.0 Å². The van der Waals surface area contributed by atoms with E-state index in [1.165, 1.54) is 0 Å². The Morgan fingerprint density at radius 3 is 1.52 bits per heavy atom. The zero-order chi connectivity index (χ0) is 55.1. The van der Waals surface area contributed by atoms with Crippen molar-refractivity contribution in [1.29, 1.82) is 0 Å². The Labute approximate surface area is 456 Å². The number of nitrogens with zero attached hydrogens (tertiary/aromatic N) is 9. The second-order valence-electron chi connectivity index (χ2n) is 18.8. The number of thiol groups is 1. The van der Waals surface area contributed by atoms with Gasteiger partial charge in [0, 0.05) is 117 Å². The number of H-pyrrole nitrogens is 1. The van der Waals surface area contributed by atoms with Crippen LogP contribution >= 0.6 is 36.0 Å². The number of rotatable bonds is 6. The molecule has 12 rings (SSSR count). The predicted molar refractivity (Wildman–Crippen MR) is 278 cm³/mol. The van der Waals surface area contributed by atoms with Crippen molar-refractivity contribution >= 4 is 82.7 Å². The molecule has 3 aliphatic heterocycles. The van der Waals surface area contributed by atoms with Gasteiger partial charge in [-0.3, -0.25) is 0 Å². The van der Waals surface area contributed by atoms with Crippen molar-refractivity contribution in [1.82, 2.24) is 44.0 Å². The number of halogens is 8. The van der Waals surface area contributed by atoms with Crippen LogP contribution in [0.2, 0.25) is 10.6 Å². The Bertz CT molecular complexity index is 2750. The Morgan fingerprint density at radius 1 is 0.662 bits per heavy atom. The van der Waals surface area contributed by atoms with Gasteiger partial charge in [0.05, 0.1) is 58.6 Å². The van der Waals surface area contributed by atoms with Gasteiger partial charge in [0.25, 0.3) is 0 Å². The molecule has 29 heteroatoms. The van der Waals surface area contributed by atoms with E-state index >= 15 is 0 Å². The number of aromatic nitrogens is 9. The average Bonchev–Trinajstić information content (AvgIpc) is 4.30. The number of aliphatic hydroxyl groups is 1. The third kappa shape index (κ3) is 17.6. The summed E-state index contributed by atoms with van der Waals surface area (Å²) in [5.74, 6) is -0.819. The molecule has 0 atom stereocenters. The van der Waals surface area contributed by atoms with E-state index in [1.807, 2.05) is 24.4 Å². The first-order chi connectivity index (χ1) is 36.8. The summed E-state index contributed by atoms with van der Waals surface area (Å²) in [5.41, 5.74) is 7.03. The Kier molecular flexibility index (Phi) is 21.7. The van der Waals surface area contributed by atoms with Crippen LogP contribution in [0.4, 0.5) is 32.3 Å². The Hall–Kier alpha value is -4.29. The Morgan fingerprint density at radius 2 is 1.08 bits per heavy atom. The molecule has 19 nitrogen and oxygen atoms in total. The molecular formula is C48H62BCl2F6N12O7S. The summed E-state index contributed by atoms with van der Waals surface area (Å²) < 4.78 is 111. The van der Waals surface area contributed by atoms with Gasteiger partial charge in [-0.1, -0.05) is 0 Å². The molecule has 6 aromatic rings. The normalized spacial score (nSPS) is 21.5. The van der Waals surface area contributed by atoms with E-state index in [9.17, 15) is 31.4 Å². The van der Waals surface area contributed by atoms with Crippen LogP contribution in [0.3, 0.4) is 0 Å². The molecule has 6 fully saturated rings. The molecular weight excluding hydrogens is 1080 g/mol. The number of nitrogens with two attached hydrogens (primary N) is 1. The molecule has 77 heavy (non-hydrogen) atoms. The van der Waals surface area contributed by atoms with Gasteiger partial charge in [0.1, 0.15) is 16.9 Å². The number of hydrogen-bond donors (Lipinski definition) is 5. The van der Waals surface area contributed by atoms with Crippen molar-refractivity contribution in [3.05, 3.63) is 65.9 Å². The molecule has 5 N–H and O–H groups in total. The fourth-order valence-electron chi connectivity index (χ4n) is 9.87. The van der Waals surface area contributed by atoms with E-state index in [0.29, 0.717) is 24.5 Å². The van der Waals surface area contributed by atoms with Crippen molar-refractivity contribution in [3.63, 3.8) is 0 Å². The maximum atomic E-state index is 12.3. The number of ether oxygens (including phenoxy) is 6. The number of fused-ring (bicyclic) bond motifs is 3. The summed E-state index contributed by atoms with van der Waals surface area (Å²) in [6.45, 7) is 3.63. The van der Waals surface area contributed by atoms with Gasteiger partial charge in [0.2, 0.25) is 16.5 Å². The van der Waals surface area contributed by atoms with E-state index in [0.717, 1.165) is 137 Å². The van der Waals surface area contributed by atoms with Crippen molar-refractivity contribution in [2.75, 3.05) is 58.0 Å². The summed E-state index contributed by atoms with van der Waals surface area (Å²) in [4.78, 5) is 27.6. The molecule has 0 amide bonds. The minimum absolute atomic E-state index is 0.131. The molecule has 3 spiro atoms. The molecule has 6 aliphatic rings. The van der Waals surface area contributed by atoms with Gasteiger partial charge >= 0.3 is 37.1 Å². The SMILES string of the molecule is Clc1ncc2cc[nH]c2n1.Clc1ncc2ccn(C3CCC4(CC3)OCCO4)c2n1.FC(F)(F)CCNc1ncc2ccn(C3CCC4(CC3)OCCO4)c2n1.NCCC(F)(F)F.OC1CCC2(CC1)OCCO2.[B]=NS.